The van der Waals surface area contributed by atoms with E-state index >= 15 is 0 Å². The van der Waals surface area contributed by atoms with E-state index in [9.17, 15) is 0 Å². The molecule has 0 saturated heterocycles. The molecule has 1 aromatic heterocycles. The molecule has 102 valence electrons. The zero-order valence-corrected chi connectivity index (χ0v) is 12.6. The van der Waals surface area contributed by atoms with Gasteiger partial charge in [-0.05, 0) is 32.0 Å². The number of rotatable bonds is 7. The van der Waals surface area contributed by atoms with Gasteiger partial charge >= 0.3 is 0 Å². The lowest BCUT2D eigenvalue weighted by Gasteiger charge is -2.20. The van der Waals surface area contributed by atoms with E-state index in [0.29, 0.717) is 5.92 Å². The van der Waals surface area contributed by atoms with Gasteiger partial charge in [0.25, 0.3) is 0 Å². The maximum absolute atomic E-state index is 6.19. The highest BCUT2D eigenvalue weighted by atomic mass is 35.5. The molecule has 0 radical (unpaired) electrons. The molecular weight excluding hydrogens is 246 g/mol. The van der Waals surface area contributed by atoms with Crippen LogP contribution in [-0.2, 0) is 6.54 Å². The summed E-state index contributed by atoms with van der Waals surface area (Å²) in [4.78, 5) is 6.83. The predicted molar refractivity (Wildman–Crippen MR) is 79.2 cm³/mol. The smallest absolute Gasteiger partial charge is 0.126 e. The molecule has 0 amide bonds. The third-order valence-electron chi connectivity index (χ3n) is 3.02. The van der Waals surface area contributed by atoms with Gasteiger partial charge in [0.2, 0.25) is 0 Å². The minimum atomic E-state index is 0.700. The maximum atomic E-state index is 6.19. The fourth-order valence-electron chi connectivity index (χ4n) is 1.86. The molecule has 1 unspecified atom stereocenters. The zero-order valence-electron chi connectivity index (χ0n) is 11.8. The summed E-state index contributed by atoms with van der Waals surface area (Å²) in [5.41, 5.74) is 0.945. The van der Waals surface area contributed by atoms with Crippen LogP contribution in [0.1, 0.15) is 32.9 Å². The number of hydrogen-bond donors (Lipinski definition) is 1. The molecule has 0 bridgehead atoms. The van der Waals surface area contributed by atoms with Crippen LogP contribution in [0, 0.1) is 5.92 Å². The Morgan fingerprint density at radius 3 is 2.72 bits per heavy atom. The molecule has 3 nitrogen and oxygen atoms in total. The molecular formula is C14H24ClN3. The largest absolute Gasteiger partial charge is 0.370 e. The van der Waals surface area contributed by atoms with Crippen molar-refractivity contribution in [3.63, 3.8) is 0 Å². The van der Waals surface area contributed by atoms with Crippen LogP contribution in [-0.4, -0.2) is 30.0 Å². The summed E-state index contributed by atoms with van der Waals surface area (Å²) in [5, 5.41) is 3.96. The van der Waals surface area contributed by atoms with Crippen LogP contribution in [0.25, 0.3) is 0 Å². The van der Waals surface area contributed by atoms with E-state index in [1.54, 1.807) is 0 Å². The summed E-state index contributed by atoms with van der Waals surface area (Å²) in [7, 11) is 2.12. The Morgan fingerprint density at radius 2 is 2.11 bits per heavy atom. The van der Waals surface area contributed by atoms with Crippen LogP contribution < -0.4 is 5.32 Å². The third-order valence-corrected chi connectivity index (χ3v) is 3.36. The minimum absolute atomic E-state index is 0.700. The van der Waals surface area contributed by atoms with Crippen LogP contribution >= 0.6 is 11.6 Å². The highest BCUT2D eigenvalue weighted by Crippen LogP contribution is 2.18. The van der Waals surface area contributed by atoms with E-state index in [-0.39, 0.29) is 0 Å². The molecule has 1 rings (SSSR count). The summed E-state index contributed by atoms with van der Waals surface area (Å²) < 4.78 is 0. The van der Waals surface area contributed by atoms with Crippen molar-refractivity contribution in [2.45, 2.75) is 33.7 Å². The monoisotopic (exact) mass is 269 g/mol. The quantitative estimate of drug-likeness (QED) is 0.819. The van der Waals surface area contributed by atoms with Gasteiger partial charge in [0, 0.05) is 19.6 Å². The lowest BCUT2D eigenvalue weighted by Crippen LogP contribution is -2.24. The molecule has 0 spiro atoms. The molecule has 1 aromatic rings. The van der Waals surface area contributed by atoms with Gasteiger partial charge in [0.15, 0.2) is 0 Å². The fraction of sp³-hybridized carbons (Fsp3) is 0.643. The summed E-state index contributed by atoms with van der Waals surface area (Å²) in [6, 6.07) is 3.84. The number of nitrogens with one attached hydrogen (secondary N) is 1. The van der Waals surface area contributed by atoms with E-state index in [1.807, 2.05) is 12.1 Å². The number of nitrogens with zero attached hydrogens (tertiary/aromatic N) is 2. The van der Waals surface area contributed by atoms with Crippen LogP contribution in [0.2, 0.25) is 5.02 Å². The van der Waals surface area contributed by atoms with Crippen LogP contribution in [0.4, 0.5) is 5.82 Å². The molecule has 0 fully saturated rings. The SMILES string of the molecule is CCNc1ccc(Cl)c(CN(C)CC(C)CC)n1. The molecule has 0 aromatic carbocycles. The van der Waals surface area contributed by atoms with Crippen molar-refractivity contribution >= 4 is 17.4 Å². The number of halogens is 1. The number of hydrogen-bond acceptors (Lipinski definition) is 3. The lowest BCUT2D eigenvalue weighted by atomic mass is 10.1. The Hall–Kier alpha value is -0.800. The van der Waals surface area contributed by atoms with Crippen molar-refractivity contribution in [2.75, 3.05) is 25.5 Å². The van der Waals surface area contributed by atoms with Gasteiger partial charge < -0.3 is 10.2 Å². The molecule has 0 aliphatic heterocycles. The van der Waals surface area contributed by atoms with Gasteiger partial charge in [-0.1, -0.05) is 31.9 Å². The van der Waals surface area contributed by atoms with E-state index in [2.05, 4.69) is 43.0 Å². The molecule has 4 heteroatoms. The third kappa shape index (κ3) is 4.83. The highest BCUT2D eigenvalue weighted by Gasteiger charge is 2.09. The van der Waals surface area contributed by atoms with E-state index in [0.717, 1.165) is 36.2 Å². The number of aromatic nitrogens is 1. The zero-order chi connectivity index (χ0) is 13.5. The van der Waals surface area contributed by atoms with E-state index in [1.165, 1.54) is 6.42 Å². The van der Waals surface area contributed by atoms with E-state index in [4.69, 9.17) is 11.6 Å². The first-order chi connectivity index (χ1) is 8.56. The highest BCUT2D eigenvalue weighted by molar-refractivity contribution is 6.31. The lowest BCUT2D eigenvalue weighted by molar-refractivity contribution is 0.272. The Kier molecular flexibility index (Phi) is 6.44. The van der Waals surface area contributed by atoms with Gasteiger partial charge in [-0.3, -0.25) is 0 Å². The second-order valence-electron chi connectivity index (χ2n) is 4.87. The van der Waals surface area contributed by atoms with Crippen molar-refractivity contribution in [1.82, 2.24) is 9.88 Å². The molecule has 1 atom stereocenters. The molecule has 18 heavy (non-hydrogen) atoms. The minimum Gasteiger partial charge on any atom is -0.370 e. The first-order valence-electron chi connectivity index (χ1n) is 6.64. The number of pyridine rings is 1. The first-order valence-corrected chi connectivity index (χ1v) is 7.02. The normalized spacial score (nSPS) is 12.8. The second kappa shape index (κ2) is 7.59. The van der Waals surface area contributed by atoms with Crippen LogP contribution in [0.15, 0.2) is 12.1 Å². The van der Waals surface area contributed by atoms with Crippen molar-refractivity contribution < 1.29 is 0 Å². The average Bonchev–Trinajstić information content (AvgIpc) is 2.33. The van der Waals surface area contributed by atoms with Gasteiger partial charge in [0.05, 0.1) is 10.7 Å². The number of anilines is 1. The molecule has 0 saturated carbocycles. The first kappa shape index (κ1) is 15.3. The Bertz CT molecular complexity index is 368. The Morgan fingerprint density at radius 1 is 1.39 bits per heavy atom. The van der Waals surface area contributed by atoms with Crippen LogP contribution in [0.3, 0.4) is 0 Å². The average molecular weight is 270 g/mol. The molecule has 1 heterocycles. The fourth-order valence-corrected chi connectivity index (χ4v) is 2.02. The van der Waals surface area contributed by atoms with Gasteiger partial charge in [-0.15, -0.1) is 0 Å². The van der Waals surface area contributed by atoms with Crippen LogP contribution in [0.5, 0.6) is 0 Å². The predicted octanol–water partition coefficient (Wildman–Crippen LogP) is 3.64. The van der Waals surface area contributed by atoms with Gasteiger partial charge in [0.1, 0.15) is 5.82 Å². The Balaban J connectivity index is 2.67. The standard InChI is InChI=1S/C14H24ClN3/c1-5-11(3)9-18(4)10-13-12(15)7-8-14(17-13)16-6-2/h7-8,11H,5-6,9-10H2,1-4H3,(H,16,17). The molecule has 0 aliphatic carbocycles. The molecule has 1 N–H and O–H groups in total. The molecule has 0 aliphatic rings. The Labute approximate surface area is 116 Å². The second-order valence-corrected chi connectivity index (χ2v) is 5.27. The van der Waals surface area contributed by atoms with Crippen molar-refractivity contribution in [3.05, 3.63) is 22.8 Å². The van der Waals surface area contributed by atoms with E-state index < -0.39 is 0 Å². The van der Waals surface area contributed by atoms with Gasteiger partial charge in [-0.2, -0.15) is 0 Å². The van der Waals surface area contributed by atoms with Gasteiger partial charge in [-0.25, -0.2) is 4.98 Å². The maximum Gasteiger partial charge on any atom is 0.126 e. The summed E-state index contributed by atoms with van der Waals surface area (Å²) >= 11 is 6.19. The van der Waals surface area contributed by atoms with Crippen molar-refractivity contribution in [1.29, 1.82) is 0 Å². The summed E-state index contributed by atoms with van der Waals surface area (Å²) in [5.74, 6) is 1.60. The summed E-state index contributed by atoms with van der Waals surface area (Å²) in [6.45, 7) is 9.28. The van der Waals surface area contributed by atoms with Crippen molar-refractivity contribution in [2.24, 2.45) is 5.92 Å². The topological polar surface area (TPSA) is 28.2 Å². The summed E-state index contributed by atoms with van der Waals surface area (Å²) in [6.07, 6.45) is 1.20. The van der Waals surface area contributed by atoms with Crippen molar-refractivity contribution in [3.8, 4) is 0 Å².